The van der Waals surface area contributed by atoms with Gasteiger partial charge < -0.3 is 14.9 Å². The van der Waals surface area contributed by atoms with E-state index in [1.807, 2.05) is 4.98 Å². The fourth-order valence-electron chi connectivity index (χ4n) is 2.01. The Kier molecular flexibility index (Phi) is 5.63. The van der Waals surface area contributed by atoms with Crippen LogP contribution in [0.5, 0.6) is 0 Å². The number of aromatic nitrogens is 2. The van der Waals surface area contributed by atoms with Crippen molar-refractivity contribution < 1.29 is 24.5 Å². The molecule has 2 aromatic rings. The van der Waals surface area contributed by atoms with Gasteiger partial charge in [0, 0.05) is 11.8 Å². The summed E-state index contributed by atoms with van der Waals surface area (Å²) in [5.74, 6) is -2.02. The Labute approximate surface area is 141 Å². The summed E-state index contributed by atoms with van der Waals surface area (Å²) < 4.78 is 5.49. The van der Waals surface area contributed by atoms with Gasteiger partial charge >= 0.3 is 11.7 Å². The predicted molar refractivity (Wildman–Crippen MR) is 85.4 cm³/mol. The lowest BCUT2D eigenvalue weighted by Crippen LogP contribution is -2.47. The fourth-order valence-corrected chi connectivity index (χ4v) is 2.01. The number of nitrogens with zero attached hydrogens (tertiary/aromatic N) is 1. The van der Waals surface area contributed by atoms with Crippen LogP contribution < -0.4 is 11.2 Å². The van der Waals surface area contributed by atoms with Crippen molar-refractivity contribution >= 4 is 11.9 Å². The van der Waals surface area contributed by atoms with Crippen molar-refractivity contribution in [2.45, 2.75) is 19.1 Å². The van der Waals surface area contributed by atoms with Gasteiger partial charge in [0.05, 0.1) is 12.2 Å². The quantitative estimate of drug-likeness (QED) is 0.593. The molecule has 3 N–H and O–H groups in total. The highest BCUT2D eigenvalue weighted by Crippen LogP contribution is 2.09. The third-order valence-electron chi connectivity index (χ3n) is 3.38. The number of ether oxygens (including phenoxy) is 1. The number of esters is 1. The average molecular weight is 348 g/mol. The third kappa shape index (κ3) is 4.08. The summed E-state index contributed by atoms with van der Waals surface area (Å²) in [7, 11) is 0. The molecule has 0 unspecified atom stereocenters. The topological polar surface area (TPSA) is 139 Å². The van der Waals surface area contributed by atoms with Crippen LogP contribution in [0.3, 0.4) is 0 Å². The normalized spacial score (nSPS) is 13.1. The van der Waals surface area contributed by atoms with E-state index in [0.29, 0.717) is 4.57 Å². The van der Waals surface area contributed by atoms with Crippen LogP contribution in [-0.2, 0) is 4.74 Å². The zero-order valence-electron chi connectivity index (χ0n) is 13.2. The summed E-state index contributed by atoms with van der Waals surface area (Å²) in [6, 6.07) is 7.69. The second kappa shape index (κ2) is 7.69. The van der Waals surface area contributed by atoms with Crippen LogP contribution in [0.25, 0.3) is 0 Å². The van der Waals surface area contributed by atoms with Gasteiger partial charge in [-0.2, -0.15) is 0 Å². The molecule has 25 heavy (non-hydrogen) atoms. The Morgan fingerprint density at radius 1 is 1.24 bits per heavy atom. The first-order valence-corrected chi connectivity index (χ1v) is 7.27. The van der Waals surface area contributed by atoms with E-state index in [1.165, 1.54) is 19.1 Å². The molecule has 0 saturated heterocycles. The molecule has 2 rings (SSSR count). The largest absolute Gasteiger partial charge is 0.446 e. The first-order chi connectivity index (χ1) is 11.8. The molecule has 0 fully saturated rings. The Bertz CT molecular complexity index is 885. The highest BCUT2D eigenvalue weighted by molar-refractivity contribution is 5.93. The standard InChI is InChI=1S/C16H16N2O7/c1-9-7-18(16(24)17-13(9)21)14(22)12(11(20)8-19)25-15(23)10-5-3-2-4-6-10/h2-7,11-12,19-20H,8H2,1H3,(H,17,21,24)/t11-,12+/m0/s1. The van der Waals surface area contributed by atoms with Gasteiger partial charge in [-0.05, 0) is 19.1 Å². The summed E-state index contributed by atoms with van der Waals surface area (Å²) in [6.07, 6.45) is -2.61. The number of H-pyrrole nitrogens is 1. The van der Waals surface area contributed by atoms with Crippen LogP contribution in [0, 0.1) is 6.92 Å². The zero-order chi connectivity index (χ0) is 18.6. The molecule has 2 atom stereocenters. The molecule has 1 aromatic heterocycles. The minimum Gasteiger partial charge on any atom is -0.446 e. The van der Waals surface area contributed by atoms with E-state index in [4.69, 9.17) is 9.84 Å². The van der Waals surface area contributed by atoms with Crippen molar-refractivity contribution in [3.8, 4) is 0 Å². The van der Waals surface area contributed by atoms with Gasteiger partial charge in [-0.25, -0.2) is 14.2 Å². The zero-order valence-corrected chi connectivity index (χ0v) is 13.2. The number of carbonyl (C=O) groups is 2. The smallest absolute Gasteiger partial charge is 0.339 e. The molecule has 0 aliphatic carbocycles. The summed E-state index contributed by atoms with van der Waals surface area (Å²) in [5, 5.41) is 18.9. The Morgan fingerprint density at radius 2 is 1.88 bits per heavy atom. The average Bonchev–Trinajstić information content (AvgIpc) is 2.62. The number of hydrogen-bond acceptors (Lipinski definition) is 7. The first-order valence-electron chi connectivity index (χ1n) is 7.27. The van der Waals surface area contributed by atoms with Crippen LogP contribution >= 0.6 is 0 Å². The molecule has 0 aliphatic rings. The molecule has 1 aromatic carbocycles. The molecule has 0 saturated carbocycles. The highest BCUT2D eigenvalue weighted by atomic mass is 16.6. The first kappa shape index (κ1) is 18.3. The number of rotatable bonds is 5. The molecular weight excluding hydrogens is 332 g/mol. The number of aromatic amines is 1. The molecule has 132 valence electrons. The Morgan fingerprint density at radius 3 is 2.48 bits per heavy atom. The molecule has 9 nitrogen and oxygen atoms in total. The van der Waals surface area contributed by atoms with Crippen molar-refractivity contribution in [1.82, 2.24) is 9.55 Å². The van der Waals surface area contributed by atoms with Gasteiger partial charge in [0.1, 0.15) is 6.10 Å². The van der Waals surface area contributed by atoms with Gasteiger partial charge in [0.15, 0.2) is 0 Å². The molecule has 1 heterocycles. The van der Waals surface area contributed by atoms with Gasteiger partial charge in [-0.1, -0.05) is 18.2 Å². The molecule has 0 radical (unpaired) electrons. The number of aryl methyl sites for hydroxylation is 1. The van der Waals surface area contributed by atoms with Crippen molar-refractivity contribution in [2.24, 2.45) is 0 Å². The van der Waals surface area contributed by atoms with E-state index >= 15 is 0 Å². The fraction of sp³-hybridized carbons (Fsp3) is 0.250. The van der Waals surface area contributed by atoms with Crippen molar-refractivity contribution in [2.75, 3.05) is 6.61 Å². The number of benzene rings is 1. The molecule has 0 aliphatic heterocycles. The second-order valence-electron chi connectivity index (χ2n) is 5.22. The second-order valence-corrected chi connectivity index (χ2v) is 5.22. The third-order valence-corrected chi connectivity index (χ3v) is 3.38. The van der Waals surface area contributed by atoms with E-state index in [0.717, 1.165) is 6.20 Å². The van der Waals surface area contributed by atoms with E-state index in [9.17, 15) is 24.3 Å². The minimum absolute atomic E-state index is 0.0691. The molecule has 0 bridgehead atoms. The molecule has 0 amide bonds. The van der Waals surface area contributed by atoms with Crippen molar-refractivity contribution in [3.05, 3.63) is 68.5 Å². The Hall–Kier alpha value is -3.04. The van der Waals surface area contributed by atoms with Gasteiger partial charge in [-0.3, -0.25) is 14.6 Å². The number of carbonyl (C=O) groups excluding carboxylic acids is 2. The van der Waals surface area contributed by atoms with Crippen LogP contribution in [-0.4, -0.2) is 50.5 Å². The summed E-state index contributed by atoms with van der Waals surface area (Å²) in [5.41, 5.74) is -1.53. The van der Waals surface area contributed by atoms with Gasteiger partial charge in [0.25, 0.3) is 11.5 Å². The van der Waals surface area contributed by atoms with E-state index in [-0.39, 0.29) is 11.1 Å². The number of aliphatic hydroxyl groups excluding tert-OH is 2. The lowest BCUT2D eigenvalue weighted by Gasteiger charge is -2.21. The summed E-state index contributed by atoms with van der Waals surface area (Å²) >= 11 is 0. The van der Waals surface area contributed by atoms with Crippen molar-refractivity contribution in [1.29, 1.82) is 0 Å². The predicted octanol–water partition coefficient (Wildman–Crippen LogP) is -0.936. The maximum absolute atomic E-state index is 12.5. The van der Waals surface area contributed by atoms with Crippen LogP contribution in [0.15, 0.2) is 46.1 Å². The monoisotopic (exact) mass is 348 g/mol. The van der Waals surface area contributed by atoms with E-state index in [1.54, 1.807) is 18.2 Å². The van der Waals surface area contributed by atoms with Crippen LogP contribution in [0.1, 0.15) is 20.7 Å². The lowest BCUT2D eigenvalue weighted by molar-refractivity contribution is -0.0305. The maximum Gasteiger partial charge on any atom is 0.339 e. The minimum atomic E-state index is -1.83. The van der Waals surface area contributed by atoms with E-state index in [2.05, 4.69) is 0 Å². The van der Waals surface area contributed by atoms with Crippen LogP contribution in [0.4, 0.5) is 0 Å². The SMILES string of the molecule is Cc1cn(C(=O)[C@H](OC(=O)c2ccccc2)[C@@H](O)CO)c(=O)[nH]c1=O. The van der Waals surface area contributed by atoms with Gasteiger partial charge in [0.2, 0.25) is 6.10 Å². The molecule has 0 spiro atoms. The van der Waals surface area contributed by atoms with Crippen molar-refractivity contribution in [3.63, 3.8) is 0 Å². The van der Waals surface area contributed by atoms with Crippen LogP contribution in [0.2, 0.25) is 0 Å². The lowest BCUT2D eigenvalue weighted by atomic mass is 10.2. The number of nitrogens with one attached hydrogen (secondary N) is 1. The summed E-state index contributed by atoms with van der Waals surface area (Å²) in [6.45, 7) is 0.491. The number of hydrogen-bond donors (Lipinski definition) is 3. The van der Waals surface area contributed by atoms with Gasteiger partial charge in [-0.15, -0.1) is 0 Å². The number of aliphatic hydroxyl groups is 2. The highest BCUT2D eigenvalue weighted by Gasteiger charge is 2.32. The molecule has 9 heteroatoms. The summed E-state index contributed by atoms with van der Waals surface area (Å²) in [4.78, 5) is 49.7. The maximum atomic E-state index is 12.5. The van der Waals surface area contributed by atoms with E-state index < -0.39 is 41.9 Å². The molecular formula is C16H16N2O7. The Balaban J connectivity index is 2.36.